The van der Waals surface area contributed by atoms with Gasteiger partial charge in [0.1, 0.15) is 17.1 Å². The van der Waals surface area contributed by atoms with Gasteiger partial charge in [0.05, 0.1) is 12.2 Å². The molecule has 3 heterocycles. The number of carbonyl (C=O) groups excluding carboxylic acids is 1. The Hall–Kier alpha value is -2.68. The van der Waals surface area contributed by atoms with Gasteiger partial charge in [0.25, 0.3) is 11.5 Å². The van der Waals surface area contributed by atoms with E-state index in [2.05, 4.69) is 10.1 Å². The smallest absolute Gasteiger partial charge is 0.266 e. The number of rotatable bonds is 4. The summed E-state index contributed by atoms with van der Waals surface area (Å²) in [5.41, 5.74) is 7.48. The molecule has 0 aliphatic heterocycles. The molecule has 3 aromatic rings. The summed E-state index contributed by atoms with van der Waals surface area (Å²) in [7, 11) is 1.88. The van der Waals surface area contributed by atoms with Gasteiger partial charge in [0, 0.05) is 18.0 Å². The van der Waals surface area contributed by atoms with E-state index in [1.807, 2.05) is 25.8 Å². The third-order valence-corrected chi connectivity index (χ3v) is 4.71. The molecule has 0 aromatic carbocycles. The van der Waals surface area contributed by atoms with Crippen molar-refractivity contribution in [3.05, 3.63) is 44.1 Å². The fourth-order valence-electron chi connectivity index (χ4n) is 2.83. The molecule has 0 unspecified atom stereocenters. The van der Waals surface area contributed by atoms with Crippen LogP contribution in [0.5, 0.6) is 0 Å². The summed E-state index contributed by atoms with van der Waals surface area (Å²) in [6.45, 7) is 5.85. The molecule has 0 atom stereocenters. The minimum atomic E-state index is -0.636. The second-order valence-corrected chi connectivity index (χ2v) is 6.79. The van der Waals surface area contributed by atoms with Gasteiger partial charge in [0.2, 0.25) is 0 Å². The third kappa shape index (κ3) is 2.56. The lowest BCUT2D eigenvalue weighted by Gasteiger charge is -2.17. The van der Waals surface area contributed by atoms with Crippen molar-refractivity contribution in [1.29, 1.82) is 0 Å². The second kappa shape index (κ2) is 5.75. The van der Waals surface area contributed by atoms with Crippen molar-refractivity contribution in [3.8, 4) is 0 Å². The summed E-state index contributed by atoms with van der Waals surface area (Å²) in [6, 6.07) is 1.42. The molecule has 0 aliphatic rings. The number of fused-ring (bicyclic) bond motifs is 1. The van der Waals surface area contributed by atoms with Crippen molar-refractivity contribution in [2.45, 2.75) is 27.3 Å². The minimum absolute atomic E-state index is 0.193. The highest BCUT2D eigenvalue weighted by Crippen LogP contribution is 2.24. The largest absolute Gasteiger partial charge is 0.364 e. The van der Waals surface area contributed by atoms with E-state index >= 15 is 0 Å². The molecule has 0 bridgehead atoms. The highest BCUT2D eigenvalue weighted by molar-refractivity contribution is 7.17. The van der Waals surface area contributed by atoms with Gasteiger partial charge in [-0.25, -0.2) is 9.38 Å². The molecule has 0 spiro atoms. The summed E-state index contributed by atoms with van der Waals surface area (Å²) in [4.78, 5) is 31.5. The number of aromatic nitrogens is 3. The van der Waals surface area contributed by atoms with E-state index < -0.39 is 5.91 Å². The first-order chi connectivity index (χ1) is 11.3. The Morgan fingerprint density at radius 3 is 2.71 bits per heavy atom. The first kappa shape index (κ1) is 16.2. The number of aryl methyl sites for hydroxylation is 3. The molecule has 24 heavy (non-hydrogen) atoms. The molecule has 0 aliphatic carbocycles. The van der Waals surface area contributed by atoms with Crippen molar-refractivity contribution in [3.63, 3.8) is 0 Å². The zero-order valence-corrected chi connectivity index (χ0v) is 14.6. The standard InChI is InChI=1S/C15H17N5O3S/c1-7-12(8(2)23-18-7)19(4)6-10-5-11(21)20-13(14(16)22)9(3)24-15(20)17-10/h5H,6H2,1-4H3,(H2,16,22). The molecular formula is C15H17N5O3S. The molecule has 0 saturated carbocycles. The highest BCUT2D eigenvalue weighted by atomic mass is 32.1. The van der Waals surface area contributed by atoms with Crippen LogP contribution in [0, 0.1) is 20.8 Å². The van der Waals surface area contributed by atoms with Crippen molar-refractivity contribution in [1.82, 2.24) is 14.5 Å². The summed E-state index contributed by atoms with van der Waals surface area (Å²) in [6.07, 6.45) is 0. The van der Waals surface area contributed by atoms with E-state index in [1.165, 1.54) is 21.8 Å². The molecule has 0 saturated heterocycles. The van der Waals surface area contributed by atoms with Crippen LogP contribution in [-0.2, 0) is 6.54 Å². The average Bonchev–Trinajstić information content (AvgIpc) is 2.98. The van der Waals surface area contributed by atoms with E-state index in [4.69, 9.17) is 10.3 Å². The molecule has 0 fully saturated rings. The second-order valence-electron chi connectivity index (χ2n) is 5.60. The molecule has 8 nitrogen and oxygen atoms in total. The highest BCUT2D eigenvalue weighted by Gasteiger charge is 2.19. The van der Waals surface area contributed by atoms with Crippen LogP contribution < -0.4 is 16.2 Å². The Kier molecular flexibility index (Phi) is 3.88. The molecule has 3 rings (SSSR count). The number of hydrogen-bond donors (Lipinski definition) is 1. The quantitative estimate of drug-likeness (QED) is 0.764. The zero-order valence-electron chi connectivity index (χ0n) is 13.8. The number of hydrogen-bond acceptors (Lipinski definition) is 7. The van der Waals surface area contributed by atoms with Gasteiger partial charge in [-0.1, -0.05) is 5.16 Å². The van der Waals surface area contributed by atoms with Crippen molar-refractivity contribution < 1.29 is 9.32 Å². The van der Waals surface area contributed by atoms with E-state index in [-0.39, 0.29) is 11.3 Å². The van der Waals surface area contributed by atoms with Gasteiger partial charge in [-0.15, -0.1) is 11.3 Å². The van der Waals surface area contributed by atoms with E-state index in [1.54, 1.807) is 6.92 Å². The van der Waals surface area contributed by atoms with E-state index in [9.17, 15) is 9.59 Å². The van der Waals surface area contributed by atoms with Crippen LogP contribution in [-0.4, -0.2) is 27.5 Å². The maximum atomic E-state index is 12.4. The number of thiazole rings is 1. The first-order valence-electron chi connectivity index (χ1n) is 7.25. The van der Waals surface area contributed by atoms with Gasteiger partial charge >= 0.3 is 0 Å². The Morgan fingerprint density at radius 2 is 2.12 bits per heavy atom. The van der Waals surface area contributed by atoms with E-state index in [0.29, 0.717) is 27.8 Å². The molecule has 9 heteroatoms. The van der Waals surface area contributed by atoms with Gasteiger partial charge < -0.3 is 15.2 Å². The van der Waals surface area contributed by atoms with Gasteiger partial charge in [-0.2, -0.15) is 0 Å². The maximum Gasteiger partial charge on any atom is 0.266 e. The number of amides is 1. The average molecular weight is 347 g/mol. The molecule has 2 N–H and O–H groups in total. The molecule has 0 radical (unpaired) electrons. The van der Waals surface area contributed by atoms with Gasteiger partial charge in [-0.3, -0.25) is 9.59 Å². The number of carbonyl (C=O) groups is 1. The molecular weight excluding hydrogens is 330 g/mol. The van der Waals surface area contributed by atoms with Crippen LogP contribution >= 0.6 is 11.3 Å². The van der Waals surface area contributed by atoms with Crippen molar-refractivity contribution in [2.24, 2.45) is 5.73 Å². The maximum absolute atomic E-state index is 12.4. The molecule has 1 amide bonds. The fraction of sp³-hybridized carbons (Fsp3) is 0.333. The topological polar surface area (TPSA) is 107 Å². The number of nitrogens with zero attached hydrogens (tertiary/aromatic N) is 4. The normalized spacial score (nSPS) is 11.2. The Labute approximate surface area is 141 Å². The van der Waals surface area contributed by atoms with Crippen LogP contribution in [0.3, 0.4) is 0 Å². The summed E-state index contributed by atoms with van der Waals surface area (Å²) < 4.78 is 6.43. The van der Waals surface area contributed by atoms with Crippen LogP contribution in [0.2, 0.25) is 0 Å². The predicted octanol–water partition coefficient (Wildman–Crippen LogP) is 1.40. The van der Waals surface area contributed by atoms with Gasteiger partial charge in [-0.05, 0) is 20.8 Å². The monoisotopic (exact) mass is 347 g/mol. The van der Waals surface area contributed by atoms with Crippen LogP contribution in [0.1, 0.15) is 32.5 Å². The van der Waals surface area contributed by atoms with Crippen LogP contribution in [0.15, 0.2) is 15.4 Å². The zero-order chi connectivity index (χ0) is 17.6. The minimum Gasteiger partial charge on any atom is -0.364 e. The Bertz CT molecular complexity index is 981. The van der Waals surface area contributed by atoms with Crippen LogP contribution in [0.25, 0.3) is 4.96 Å². The van der Waals surface area contributed by atoms with Gasteiger partial charge in [0.15, 0.2) is 10.7 Å². The summed E-state index contributed by atoms with van der Waals surface area (Å²) in [5.74, 6) is 0.0685. The summed E-state index contributed by atoms with van der Waals surface area (Å²) in [5, 5.41) is 3.93. The number of primary amides is 1. The fourth-order valence-corrected chi connectivity index (χ4v) is 3.83. The van der Waals surface area contributed by atoms with E-state index in [0.717, 1.165) is 11.4 Å². The lowest BCUT2D eigenvalue weighted by molar-refractivity contribution is 0.0994. The SMILES string of the molecule is Cc1noc(C)c1N(C)Cc1cc(=O)n2c(C(N)=O)c(C)sc2n1. The predicted molar refractivity (Wildman–Crippen MR) is 90.7 cm³/mol. The molecule has 3 aromatic heterocycles. The Balaban J connectivity index is 2.03. The lowest BCUT2D eigenvalue weighted by atomic mass is 10.2. The summed E-state index contributed by atoms with van der Waals surface area (Å²) >= 11 is 1.27. The third-order valence-electron chi connectivity index (χ3n) is 3.75. The lowest BCUT2D eigenvalue weighted by Crippen LogP contribution is -2.25. The Morgan fingerprint density at radius 1 is 1.42 bits per heavy atom. The number of anilines is 1. The molecule has 126 valence electrons. The van der Waals surface area contributed by atoms with Crippen molar-refractivity contribution in [2.75, 3.05) is 11.9 Å². The number of nitrogens with two attached hydrogens (primary N) is 1. The first-order valence-corrected chi connectivity index (χ1v) is 8.07. The van der Waals surface area contributed by atoms with Crippen LogP contribution in [0.4, 0.5) is 5.69 Å². The van der Waals surface area contributed by atoms with Crippen molar-refractivity contribution >= 4 is 27.9 Å².